The van der Waals surface area contributed by atoms with Gasteiger partial charge in [-0.05, 0) is 58.7 Å². The lowest BCUT2D eigenvalue weighted by Crippen LogP contribution is -2.06. The van der Waals surface area contributed by atoms with Crippen molar-refractivity contribution in [3.8, 4) is 0 Å². The first-order valence-electron chi connectivity index (χ1n) is 10.4. The van der Waals surface area contributed by atoms with Crippen LogP contribution in [-0.2, 0) is 9.84 Å². The second-order valence-electron chi connectivity index (χ2n) is 7.58. The first kappa shape index (κ1) is 25.6. The molecule has 0 saturated heterocycles. The van der Waals surface area contributed by atoms with Gasteiger partial charge in [0.25, 0.3) is 0 Å². The van der Waals surface area contributed by atoms with E-state index >= 15 is 0 Å². The molecule has 0 unspecified atom stereocenters. The fraction of sp³-hybridized carbons (Fsp3) is 0. The first-order valence-corrected chi connectivity index (χ1v) is 13.4. The minimum Gasteiger partial charge on any atom is -0.218 e. The molecule has 7 heteroatoms. The largest absolute Gasteiger partial charge is 0.218 e. The lowest BCUT2D eigenvalue weighted by Gasteiger charge is -2.11. The Kier molecular flexibility index (Phi) is 8.05. The second kappa shape index (κ2) is 11.0. The average molecular weight is 560 g/mol. The zero-order valence-electron chi connectivity index (χ0n) is 18.1. The zero-order valence-corrected chi connectivity index (χ0v) is 22.0. The van der Waals surface area contributed by atoms with Crippen LogP contribution in [0.3, 0.4) is 0 Å². The number of sulfone groups is 1. The highest BCUT2D eigenvalue weighted by atomic mass is 35.5. The molecular weight excluding hydrogens is 542 g/mol. The molecule has 0 amide bonds. The molecule has 2 nitrogen and oxygen atoms in total. The maximum atomic E-state index is 13.8. The summed E-state index contributed by atoms with van der Waals surface area (Å²) in [6.45, 7) is 0. The maximum absolute atomic E-state index is 13.8. The van der Waals surface area contributed by atoms with E-state index in [1.807, 2.05) is 0 Å². The summed E-state index contributed by atoms with van der Waals surface area (Å²) < 4.78 is 27.5. The molecular formula is C28H18Cl4O2S. The number of hydrogen-bond acceptors (Lipinski definition) is 2. The van der Waals surface area contributed by atoms with Crippen molar-refractivity contribution in [2.75, 3.05) is 0 Å². The summed E-state index contributed by atoms with van der Waals surface area (Å²) in [7, 11) is -3.85. The molecule has 0 heterocycles. The molecule has 0 aromatic heterocycles. The lowest BCUT2D eigenvalue weighted by atomic mass is 10.1. The Hall–Kier alpha value is -2.53. The predicted molar refractivity (Wildman–Crippen MR) is 149 cm³/mol. The van der Waals surface area contributed by atoms with E-state index < -0.39 is 9.84 Å². The summed E-state index contributed by atoms with van der Waals surface area (Å²) in [6.07, 6.45) is 6.99. The average Bonchev–Trinajstić information content (AvgIpc) is 2.83. The van der Waals surface area contributed by atoms with Gasteiger partial charge in [0.05, 0.1) is 9.79 Å². The van der Waals surface area contributed by atoms with E-state index in [4.69, 9.17) is 46.4 Å². The normalized spacial score (nSPS) is 12.0. The molecule has 4 aromatic carbocycles. The summed E-state index contributed by atoms with van der Waals surface area (Å²) in [6, 6.07) is 23.9. The van der Waals surface area contributed by atoms with Crippen molar-refractivity contribution in [1.82, 2.24) is 0 Å². The van der Waals surface area contributed by atoms with Crippen LogP contribution in [-0.4, -0.2) is 8.42 Å². The van der Waals surface area contributed by atoms with Gasteiger partial charge in [0.2, 0.25) is 9.84 Å². The molecule has 0 saturated carbocycles. The fourth-order valence-electron chi connectivity index (χ4n) is 3.48. The number of benzene rings is 4. The number of rotatable bonds is 6. The molecule has 0 N–H and O–H groups in total. The first-order chi connectivity index (χ1) is 16.8. The smallest absolute Gasteiger partial charge is 0.207 e. The summed E-state index contributed by atoms with van der Waals surface area (Å²) in [5.41, 5.74) is 2.54. The van der Waals surface area contributed by atoms with Crippen molar-refractivity contribution < 1.29 is 8.42 Å². The van der Waals surface area contributed by atoms with Gasteiger partial charge < -0.3 is 0 Å². The molecule has 4 rings (SSSR count). The molecule has 0 aliphatic rings. The van der Waals surface area contributed by atoms with Gasteiger partial charge in [0.1, 0.15) is 0 Å². The number of halogens is 4. The van der Waals surface area contributed by atoms with Crippen LogP contribution in [0.4, 0.5) is 0 Å². The molecule has 0 bridgehead atoms. The molecule has 0 radical (unpaired) electrons. The van der Waals surface area contributed by atoms with Crippen LogP contribution >= 0.6 is 46.4 Å². The third kappa shape index (κ3) is 6.00. The lowest BCUT2D eigenvalue weighted by molar-refractivity contribution is 0.596. The Morgan fingerprint density at radius 2 is 0.857 bits per heavy atom. The quantitative estimate of drug-likeness (QED) is 0.220. The summed E-state index contributed by atoms with van der Waals surface area (Å²) in [5, 5.41) is 2.01. The maximum Gasteiger partial charge on any atom is 0.207 e. The van der Waals surface area contributed by atoms with E-state index in [-0.39, 0.29) is 9.79 Å². The van der Waals surface area contributed by atoms with Crippen molar-refractivity contribution in [1.29, 1.82) is 0 Å². The van der Waals surface area contributed by atoms with E-state index in [1.165, 1.54) is 0 Å². The summed E-state index contributed by atoms with van der Waals surface area (Å²) in [5.74, 6) is 0. The molecule has 0 fully saturated rings. The molecule has 4 aromatic rings. The molecule has 0 aliphatic carbocycles. The van der Waals surface area contributed by atoms with Crippen molar-refractivity contribution in [3.05, 3.63) is 127 Å². The third-order valence-electron chi connectivity index (χ3n) is 5.23. The van der Waals surface area contributed by atoms with Crippen LogP contribution in [0.5, 0.6) is 0 Å². The van der Waals surface area contributed by atoms with Crippen LogP contribution in [0, 0.1) is 0 Å². The van der Waals surface area contributed by atoms with Crippen molar-refractivity contribution in [2.24, 2.45) is 0 Å². The Labute approximate surface area is 225 Å². The van der Waals surface area contributed by atoms with Crippen LogP contribution < -0.4 is 0 Å². The van der Waals surface area contributed by atoms with Gasteiger partial charge >= 0.3 is 0 Å². The fourth-order valence-corrected chi connectivity index (χ4v) is 6.06. The van der Waals surface area contributed by atoms with E-state index in [0.717, 1.165) is 11.1 Å². The van der Waals surface area contributed by atoms with Crippen LogP contribution in [0.25, 0.3) is 24.3 Å². The van der Waals surface area contributed by atoms with Crippen molar-refractivity contribution >= 4 is 80.5 Å². The van der Waals surface area contributed by atoms with Gasteiger partial charge in [-0.1, -0.05) is 119 Å². The highest BCUT2D eigenvalue weighted by molar-refractivity contribution is 7.91. The van der Waals surface area contributed by atoms with Crippen LogP contribution in [0.2, 0.25) is 20.1 Å². The van der Waals surface area contributed by atoms with Crippen molar-refractivity contribution in [3.63, 3.8) is 0 Å². The van der Waals surface area contributed by atoms with Crippen molar-refractivity contribution in [2.45, 2.75) is 9.79 Å². The van der Waals surface area contributed by atoms with Crippen LogP contribution in [0.1, 0.15) is 22.3 Å². The van der Waals surface area contributed by atoms with Gasteiger partial charge in [0.15, 0.2) is 0 Å². The standard InChI is InChI=1S/C28H18Cl4O2S/c29-23-15-13-19(25(31)17-23)9-11-21-5-1-3-7-27(21)35(33,34)28-8-4-2-6-22(28)12-10-20-14-16-24(30)18-26(20)32/h1-18H/b11-9+,12-10+. The number of hydrogen-bond donors (Lipinski definition) is 0. The molecule has 0 aliphatic heterocycles. The van der Waals surface area contributed by atoms with Gasteiger partial charge in [-0.15, -0.1) is 0 Å². The van der Waals surface area contributed by atoms with Gasteiger partial charge in [-0.3, -0.25) is 0 Å². The molecule has 0 atom stereocenters. The van der Waals surface area contributed by atoms with E-state index in [2.05, 4.69) is 0 Å². The molecule has 35 heavy (non-hydrogen) atoms. The monoisotopic (exact) mass is 558 g/mol. The van der Waals surface area contributed by atoms with E-state index in [9.17, 15) is 8.42 Å². The second-order valence-corrected chi connectivity index (χ2v) is 11.2. The van der Waals surface area contributed by atoms with Gasteiger partial charge in [0, 0.05) is 20.1 Å². The van der Waals surface area contributed by atoms with Gasteiger partial charge in [-0.25, -0.2) is 8.42 Å². The minimum atomic E-state index is -3.85. The summed E-state index contributed by atoms with van der Waals surface area (Å²) in [4.78, 5) is 0.374. The zero-order chi connectivity index (χ0) is 25.0. The highest BCUT2D eigenvalue weighted by Crippen LogP contribution is 2.30. The highest BCUT2D eigenvalue weighted by Gasteiger charge is 2.22. The summed E-state index contributed by atoms with van der Waals surface area (Å²) >= 11 is 24.5. The Morgan fingerprint density at radius 1 is 0.486 bits per heavy atom. The Balaban J connectivity index is 1.74. The minimum absolute atomic E-state index is 0.187. The SMILES string of the molecule is O=S(=O)(c1ccccc1/C=C/c1ccc(Cl)cc1Cl)c1ccccc1/C=C/c1ccc(Cl)cc1Cl. The Bertz CT molecular complexity index is 1450. The molecule has 176 valence electrons. The van der Waals surface area contributed by atoms with E-state index in [0.29, 0.717) is 31.2 Å². The van der Waals surface area contributed by atoms with Crippen LogP contribution in [0.15, 0.2) is 94.7 Å². The Morgan fingerprint density at radius 3 is 1.26 bits per heavy atom. The topological polar surface area (TPSA) is 34.1 Å². The predicted octanol–water partition coefficient (Wildman–Crippen LogP) is 9.47. The van der Waals surface area contributed by atoms with E-state index in [1.54, 1.807) is 109 Å². The third-order valence-corrected chi connectivity index (χ3v) is 8.25. The molecule has 0 spiro atoms. The van der Waals surface area contributed by atoms with Gasteiger partial charge in [-0.2, -0.15) is 0 Å².